The van der Waals surface area contributed by atoms with Gasteiger partial charge >= 0.3 is 0 Å². The average molecular weight is 440 g/mol. The van der Waals surface area contributed by atoms with E-state index in [-0.39, 0.29) is 0 Å². The molecule has 0 spiro atoms. The van der Waals surface area contributed by atoms with E-state index in [0.717, 1.165) is 17.1 Å². The lowest BCUT2D eigenvalue weighted by Gasteiger charge is -2.34. The van der Waals surface area contributed by atoms with Gasteiger partial charge in [0.25, 0.3) is 0 Å². The first kappa shape index (κ1) is 21.0. The van der Waals surface area contributed by atoms with Gasteiger partial charge in [-0.1, -0.05) is 36.4 Å². The lowest BCUT2D eigenvalue weighted by molar-refractivity contribution is 0.387. The summed E-state index contributed by atoms with van der Waals surface area (Å²) in [7, 11) is -3.19. The number of aromatic nitrogens is 4. The number of hydrogen-bond donors (Lipinski definition) is 2. The van der Waals surface area contributed by atoms with Crippen molar-refractivity contribution in [3.63, 3.8) is 0 Å². The Labute approximate surface area is 181 Å². The second-order valence-corrected chi connectivity index (χ2v) is 9.41. The number of rotatable bonds is 6. The predicted molar refractivity (Wildman–Crippen MR) is 123 cm³/mol. The molecule has 162 valence electrons. The van der Waals surface area contributed by atoms with E-state index >= 15 is 0 Å². The van der Waals surface area contributed by atoms with E-state index in [1.165, 1.54) is 10.6 Å². The minimum Gasteiger partial charge on any atom is -0.354 e. The molecule has 0 bridgehead atoms. The molecule has 31 heavy (non-hydrogen) atoms. The SMILES string of the molecule is Cc1cc(Nc2cc(N3CCN(S(C)(=O)=O)CC3)nc(C=Cc3ccccc3)n2)n[nH]1. The third-order valence-corrected chi connectivity index (χ3v) is 6.25. The van der Waals surface area contributed by atoms with Crippen LogP contribution in [0.3, 0.4) is 0 Å². The number of piperazine rings is 1. The molecule has 1 saturated heterocycles. The summed E-state index contributed by atoms with van der Waals surface area (Å²) in [5.74, 6) is 2.59. The van der Waals surface area contributed by atoms with Crippen LogP contribution in [0.4, 0.5) is 17.5 Å². The van der Waals surface area contributed by atoms with Crippen LogP contribution in [0.1, 0.15) is 17.1 Å². The van der Waals surface area contributed by atoms with Crippen molar-refractivity contribution in [2.24, 2.45) is 0 Å². The average Bonchev–Trinajstić information content (AvgIpc) is 3.17. The first-order chi connectivity index (χ1) is 14.9. The molecule has 2 aromatic heterocycles. The zero-order valence-corrected chi connectivity index (χ0v) is 18.3. The van der Waals surface area contributed by atoms with Gasteiger partial charge in [0.2, 0.25) is 10.0 Å². The van der Waals surface area contributed by atoms with Crippen LogP contribution in [0.15, 0.2) is 42.5 Å². The molecule has 9 nitrogen and oxygen atoms in total. The number of anilines is 3. The fourth-order valence-corrected chi connectivity index (χ4v) is 4.18. The van der Waals surface area contributed by atoms with Crippen LogP contribution in [0, 0.1) is 6.92 Å². The van der Waals surface area contributed by atoms with Gasteiger partial charge in [0.1, 0.15) is 11.6 Å². The van der Waals surface area contributed by atoms with Gasteiger partial charge in [-0.3, -0.25) is 5.10 Å². The number of nitrogens with zero attached hydrogens (tertiary/aromatic N) is 5. The largest absolute Gasteiger partial charge is 0.354 e. The predicted octanol–water partition coefficient (Wildman–Crippen LogP) is 2.50. The number of benzene rings is 1. The first-order valence-corrected chi connectivity index (χ1v) is 11.8. The highest BCUT2D eigenvalue weighted by Gasteiger charge is 2.24. The zero-order chi connectivity index (χ0) is 21.8. The van der Waals surface area contributed by atoms with Crippen molar-refractivity contribution in [3.8, 4) is 0 Å². The lowest BCUT2D eigenvalue weighted by Crippen LogP contribution is -2.48. The fourth-order valence-electron chi connectivity index (χ4n) is 3.35. The summed E-state index contributed by atoms with van der Waals surface area (Å²) >= 11 is 0. The number of nitrogens with one attached hydrogen (secondary N) is 2. The summed E-state index contributed by atoms with van der Waals surface area (Å²) in [6, 6.07) is 13.7. The molecule has 3 aromatic rings. The number of sulfonamides is 1. The van der Waals surface area contributed by atoms with Crippen LogP contribution < -0.4 is 10.2 Å². The van der Waals surface area contributed by atoms with Crippen LogP contribution >= 0.6 is 0 Å². The molecule has 0 radical (unpaired) electrons. The number of aromatic amines is 1. The Morgan fingerprint density at radius 2 is 1.74 bits per heavy atom. The van der Waals surface area contributed by atoms with E-state index < -0.39 is 10.0 Å². The highest BCUT2D eigenvalue weighted by atomic mass is 32.2. The maximum absolute atomic E-state index is 11.8. The Kier molecular flexibility index (Phi) is 6.01. The normalized spacial score (nSPS) is 15.5. The highest BCUT2D eigenvalue weighted by molar-refractivity contribution is 7.88. The standard InChI is InChI=1S/C21H25N7O2S/c1-16-14-20(26-25-16)23-19-15-21(27-10-12-28(13-11-27)31(2,29)30)24-18(22-19)9-8-17-6-4-3-5-7-17/h3-9,14-15H,10-13H2,1-2H3,(H2,22,23,24,25,26). The molecule has 3 heterocycles. The van der Waals surface area contributed by atoms with E-state index in [1.54, 1.807) is 0 Å². The van der Waals surface area contributed by atoms with E-state index in [1.807, 2.05) is 61.5 Å². The molecule has 1 aliphatic rings. The lowest BCUT2D eigenvalue weighted by atomic mass is 10.2. The summed E-state index contributed by atoms with van der Waals surface area (Å²) in [6.45, 7) is 3.91. The minimum absolute atomic E-state index is 0.430. The van der Waals surface area contributed by atoms with Crippen molar-refractivity contribution in [2.45, 2.75) is 6.92 Å². The van der Waals surface area contributed by atoms with Gasteiger partial charge in [0.05, 0.1) is 6.26 Å². The van der Waals surface area contributed by atoms with Gasteiger partial charge in [-0.2, -0.15) is 9.40 Å². The quantitative estimate of drug-likeness (QED) is 0.608. The summed E-state index contributed by atoms with van der Waals surface area (Å²) in [4.78, 5) is 11.4. The van der Waals surface area contributed by atoms with Crippen molar-refractivity contribution >= 4 is 39.6 Å². The van der Waals surface area contributed by atoms with E-state index in [4.69, 9.17) is 4.98 Å². The van der Waals surface area contributed by atoms with Crippen LogP contribution in [0.5, 0.6) is 0 Å². The second kappa shape index (κ2) is 8.86. The number of H-pyrrole nitrogens is 1. The molecule has 2 N–H and O–H groups in total. The van der Waals surface area contributed by atoms with Gasteiger partial charge in [-0.25, -0.2) is 18.4 Å². The molecule has 0 saturated carbocycles. The second-order valence-electron chi connectivity index (χ2n) is 7.42. The Bertz CT molecular complexity index is 1170. The Morgan fingerprint density at radius 1 is 1.00 bits per heavy atom. The van der Waals surface area contributed by atoms with E-state index in [9.17, 15) is 8.42 Å². The number of aryl methyl sites for hydroxylation is 1. The molecule has 4 rings (SSSR count). The van der Waals surface area contributed by atoms with Crippen LogP contribution in [-0.2, 0) is 10.0 Å². The zero-order valence-electron chi connectivity index (χ0n) is 17.5. The molecular formula is C21H25N7O2S. The van der Waals surface area contributed by atoms with Crippen LogP contribution in [-0.4, -0.2) is 65.3 Å². The molecule has 0 unspecified atom stereocenters. The van der Waals surface area contributed by atoms with E-state index in [0.29, 0.717) is 43.6 Å². The summed E-state index contributed by atoms with van der Waals surface area (Å²) in [5, 5.41) is 10.3. The Hall–Kier alpha value is -3.24. The maximum atomic E-state index is 11.8. The van der Waals surface area contributed by atoms with Crippen LogP contribution in [0.2, 0.25) is 0 Å². The molecule has 1 aliphatic heterocycles. The van der Waals surface area contributed by atoms with Crippen molar-refractivity contribution in [1.29, 1.82) is 0 Å². The van der Waals surface area contributed by atoms with Crippen LogP contribution in [0.25, 0.3) is 12.2 Å². The molecule has 0 aliphatic carbocycles. The van der Waals surface area contributed by atoms with Crippen molar-refractivity contribution in [2.75, 3.05) is 42.7 Å². The molecule has 0 amide bonds. The molecule has 1 aromatic carbocycles. The molecule has 10 heteroatoms. The fraction of sp³-hybridized carbons (Fsp3) is 0.286. The molecule has 0 atom stereocenters. The summed E-state index contributed by atoms with van der Waals surface area (Å²) in [5.41, 5.74) is 1.99. The minimum atomic E-state index is -3.19. The number of hydrogen-bond acceptors (Lipinski definition) is 7. The molecular weight excluding hydrogens is 414 g/mol. The van der Waals surface area contributed by atoms with Gasteiger partial charge in [0, 0.05) is 44.0 Å². The van der Waals surface area contributed by atoms with Gasteiger partial charge < -0.3 is 10.2 Å². The first-order valence-electron chi connectivity index (χ1n) is 9.98. The highest BCUT2D eigenvalue weighted by Crippen LogP contribution is 2.22. The Balaban J connectivity index is 1.60. The van der Waals surface area contributed by atoms with Crippen molar-refractivity contribution < 1.29 is 8.42 Å². The molecule has 1 fully saturated rings. The topological polar surface area (TPSA) is 107 Å². The monoisotopic (exact) mass is 439 g/mol. The van der Waals surface area contributed by atoms with Gasteiger partial charge in [-0.15, -0.1) is 0 Å². The summed E-state index contributed by atoms with van der Waals surface area (Å²) < 4.78 is 25.1. The van der Waals surface area contributed by atoms with Gasteiger partial charge in [-0.05, 0) is 18.6 Å². The third-order valence-electron chi connectivity index (χ3n) is 4.95. The maximum Gasteiger partial charge on any atom is 0.211 e. The van der Waals surface area contributed by atoms with Gasteiger partial charge in [0.15, 0.2) is 11.6 Å². The van der Waals surface area contributed by atoms with E-state index in [2.05, 4.69) is 25.4 Å². The third kappa shape index (κ3) is 5.47. The van der Waals surface area contributed by atoms with Crippen molar-refractivity contribution in [3.05, 3.63) is 59.5 Å². The Morgan fingerprint density at radius 3 is 2.39 bits per heavy atom. The summed E-state index contributed by atoms with van der Waals surface area (Å²) in [6.07, 6.45) is 5.07. The van der Waals surface area contributed by atoms with Crippen molar-refractivity contribution in [1.82, 2.24) is 24.5 Å². The smallest absolute Gasteiger partial charge is 0.211 e.